The molecule has 20 heavy (non-hydrogen) atoms. The molecule has 0 bridgehead atoms. The van der Waals surface area contributed by atoms with Gasteiger partial charge < -0.3 is 10.5 Å². The van der Waals surface area contributed by atoms with Gasteiger partial charge in [-0.15, -0.1) is 0 Å². The molecule has 1 aromatic carbocycles. The zero-order chi connectivity index (χ0) is 15.1. The van der Waals surface area contributed by atoms with Crippen LogP contribution in [0.2, 0.25) is 0 Å². The van der Waals surface area contributed by atoms with E-state index in [0.717, 1.165) is 12.3 Å². The molecule has 2 N–H and O–H groups in total. The van der Waals surface area contributed by atoms with Gasteiger partial charge in [-0.1, -0.05) is 26.0 Å². The third kappa shape index (κ3) is 4.80. The SMILES string of the molecule is CCOc1ccc(C(CN)N(CC(C)C)C(C)C)cc1. The summed E-state index contributed by atoms with van der Waals surface area (Å²) in [6.07, 6.45) is 0. The lowest BCUT2D eigenvalue weighted by Crippen LogP contribution is -2.40. The average Bonchev–Trinajstić information content (AvgIpc) is 2.40. The first-order valence-corrected chi connectivity index (χ1v) is 7.68. The lowest BCUT2D eigenvalue weighted by atomic mass is 10.0. The Morgan fingerprint density at radius 3 is 2.10 bits per heavy atom. The van der Waals surface area contributed by atoms with Crippen LogP contribution in [0.15, 0.2) is 24.3 Å². The number of nitrogens with two attached hydrogens (primary N) is 1. The van der Waals surface area contributed by atoms with E-state index in [-0.39, 0.29) is 6.04 Å². The summed E-state index contributed by atoms with van der Waals surface area (Å²) in [5, 5.41) is 0. The highest BCUT2D eigenvalue weighted by Gasteiger charge is 2.22. The first kappa shape index (κ1) is 17.0. The molecule has 3 heteroatoms. The fourth-order valence-electron chi connectivity index (χ4n) is 2.54. The lowest BCUT2D eigenvalue weighted by molar-refractivity contribution is 0.138. The second-order valence-electron chi connectivity index (χ2n) is 5.94. The van der Waals surface area contributed by atoms with Crippen LogP contribution in [0.5, 0.6) is 5.75 Å². The van der Waals surface area contributed by atoms with Crippen LogP contribution in [-0.2, 0) is 0 Å². The van der Waals surface area contributed by atoms with Crippen molar-refractivity contribution in [2.24, 2.45) is 11.7 Å². The zero-order valence-electron chi connectivity index (χ0n) is 13.6. The topological polar surface area (TPSA) is 38.5 Å². The van der Waals surface area contributed by atoms with Crippen LogP contribution in [0.3, 0.4) is 0 Å². The lowest BCUT2D eigenvalue weighted by Gasteiger charge is -2.36. The van der Waals surface area contributed by atoms with E-state index < -0.39 is 0 Å². The largest absolute Gasteiger partial charge is 0.494 e. The van der Waals surface area contributed by atoms with E-state index in [9.17, 15) is 0 Å². The van der Waals surface area contributed by atoms with Crippen molar-refractivity contribution >= 4 is 0 Å². The quantitative estimate of drug-likeness (QED) is 0.791. The van der Waals surface area contributed by atoms with Gasteiger partial charge in [0.25, 0.3) is 0 Å². The van der Waals surface area contributed by atoms with E-state index in [1.807, 2.05) is 19.1 Å². The van der Waals surface area contributed by atoms with Crippen LogP contribution in [0, 0.1) is 5.92 Å². The van der Waals surface area contributed by atoms with Crippen molar-refractivity contribution in [3.8, 4) is 5.75 Å². The number of nitrogens with zero attached hydrogens (tertiary/aromatic N) is 1. The number of ether oxygens (including phenoxy) is 1. The van der Waals surface area contributed by atoms with E-state index in [0.29, 0.717) is 25.1 Å². The number of hydrogen-bond donors (Lipinski definition) is 1. The molecule has 0 spiro atoms. The summed E-state index contributed by atoms with van der Waals surface area (Å²) >= 11 is 0. The average molecular weight is 278 g/mol. The van der Waals surface area contributed by atoms with Crippen molar-refractivity contribution in [2.45, 2.75) is 46.7 Å². The first-order valence-electron chi connectivity index (χ1n) is 7.68. The predicted octanol–water partition coefficient (Wildman–Crippen LogP) is 3.45. The zero-order valence-corrected chi connectivity index (χ0v) is 13.6. The van der Waals surface area contributed by atoms with Gasteiger partial charge in [0, 0.05) is 25.2 Å². The van der Waals surface area contributed by atoms with Gasteiger partial charge in [-0.25, -0.2) is 0 Å². The highest BCUT2D eigenvalue weighted by atomic mass is 16.5. The van der Waals surface area contributed by atoms with Crippen molar-refractivity contribution < 1.29 is 4.74 Å². The standard InChI is InChI=1S/C17H30N2O/c1-6-20-16-9-7-15(8-10-16)17(11-18)19(14(4)5)12-13(2)3/h7-10,13-14,17H,6,11-12,18H2,1-5H3. The van der Waals surface area contributed by atoms with Crippen molar-refractivity contribution in [3.05, 3.63) is 29.8 Å². The van der Waals surface area contributed by atoms with Crippen molar-refractivity contribution in [1.29, 1.82) is 0 Å². The second kappa shape index (κ2) is 8.28. The highest BCUT2D eigenvalue weighted by Crippen LogP contribution is 2.25. The molecule has 0 aromatic heterocycles. The molecule has 0 aliphatic rings. The van der Waals surface area contributed by atoms with Gasteiger partial charge in [0.2, 0.25) is 0 Å². The molecule has 1 atom stereocenters. The van der Waals surface area contributed by atoms with Gasteiger partial charge in [0.1, 0.15) is 5.75 Å². The Morgan fingerprint density at radius 2 is 1.70 bits per heavy atom. The third-order valence-electron chi connectivity index (χ3n) is 3.44. The Balaban J connectivity index is 2.91. The van der Waals surface area contributed by atoms with Gasteiger partial charge >= 0.3 is 0 Å². The Bertz CT molecular complexity index is 373. The van der Waals surface area contributed by atoms with Crippen molar-refractivity contribution in [2.75, 3.05) is 19.7 Å². The summed E-state index contributed by atoms with van der Waals surface area (Å²) in [7, 11) is 0. The van der Waals surface area contributed by atoms with Crippen LogP contribution in [0.4, 0.5) is 0 Å². The molecule has 0 radical (unpaired) electrons. The molecule has 1 aromatic rings. The Kier molecular flexibility index (Phi) is 7.03. The van der Waals surface area contributed by atoms with Gasteiger partial charge in [0.15, 0.2) is 0 Å². The molecular weight excluding hydrogens is 248 g/mol. The number of benzene rings is 1. The summed E-state index contributed by atoms with van der Waals surface area (Å²) in [4.78, 5) is 2.49. The van der Waals surface area contributed by atoms with Crippen LogP contribution >= 0.6 is 0 Å². The summed E-state index contributed by atoms with van der Waals surface area (Å²) in [5.74, 6) is 1.56. The second-order valence-corrected chi connectivity index (χ2v) is 5.94. The highest BCUT2D eigenvalue weighted by molar-refractivity contribution is 5.29. The number of hydrogen-bond acceptors (Lipinski definition) is 3. The molecule has 0 aliphatic carbocycles. The summed E-state index contributed by atoms with van der Waals surface area (Å²) in [5.41, 5.74) is 7.31. The maximum absolute atomic E-state index is 6.04. The molecule has 0 fully saturated rings. The smallest absolute Gasteiger partial charge is 0.119 e. The molecule has 1 rings (SSSR count). The fourth-order valence-corrected chi connectivity index (χ4v) is 2.54. The monoisotopic (exact) mass is 278 g/mol. The Labute approximate surface area is 124 Å². The van der Waals surface area contributed by atoms with Crippen LogP contribution < -0.4 is 10.5 Å². The van der Waals surface area contributed by atoms with Gasteiger partial charge in [-0.2, -0.15) is 0 Å². The van der Waals surface area contributed by atoms with Crippen LogP contribution in [-0.4, -0.2) is 30.6 Å². The van der Waals surface area contributed by atoms with E-state index in [1.165, 1.54) is 5.56 Å². The molecule has 0 amide bonds. The molecular formula is C17H30N2O. The van der Waals surface area contributed by atoms with E-state index >= 15 is 0 Å². The minimum absolute atomic E-state index is 0.271. The van der Waals surface area contributed by atoms with Crippen molar-refractivity contribution in [1.82, 2.24) is 4.90 Å². The normalized spacial score (nSPS) is 13.2. The summed E-state index contributed by atoms with van der Waals surface area (Å²) in [6.45, 7) is 13.4. The third-order valence-corrected chi connectivity index (χ3v) is 3.44. The van der Waals surface area contributed by atoms with Gasteiger partial charge in [-0.05, 0) is 44.4 Å². The molecule has 3 nitrogen and oxygen atoms in total. The molecule has 1 unspecified atom stereocenters. The van der Waals surface area contributed by atoms with Crippen LogP contribution in [0.1, 0.15) is 46.2 Å². The predicted molar refractivity (Wildman–Crippen MR) is 86.1 cm³/mol. The van der Waals surface area contributed by atoms with E-state index in [2.05, 4.69) is 44.7 Å². The summed E-state index contributed by atoms with van der Waals surface area (Å²) in [6, 6.07) is 9.10. The molecule has 0 aliphatic heterocycles. The van der Waals surface area contributed by atoms with E-state index in [1.54, 1.807) is 0 Å². The van der Waals surface area contributed by atoms with E-state index in [4.69, 9.17) is 10.5 Å². The fraction of sp³-hybridized carbons (Fsp3) is 0.647. The minimum atomic E-state index is 0.271. The maximum atomic E-state index is 6.04. The van der Waals surface area contributed by atoms with Crippen molar-refractivity contribution in [3.63, 3.8) is 0 Å². The van der Waals surface area contributed by atoms with Gasteiger partial charge in [0.05, 0.1) is 6.61 Å². The Hall–Kier alpha value is -1.06. The molecule has 0 saturated heterocycles. The molecule has 0 heterocycles. The summed E-state index contributed by atoms with van der Waals surface area (Å²) < 4.78 is 5.50. The maximum Gasteiger partial charge on any atom is 0.119 e. The molecule has 114 valence electrons. The van der Waals surface area contributed by atoms with Crippen LogP contribution in [0.25, 0.3) is 0 Å². The Morgan fingerprint density at radius 1 is 1.10 bits per heavy atom. The number of rotatable bonds is 8. The first-order chi connectivity index (χ1) is 9.49. The molecule has 0 saturated carbocycles. The minimum Gasteiger partial charge on any atom is -0.494 e. The van der Waals surface area contributed by atoms with Gasteiger partial charge in [-0.3, -0.25) is 4.90 Å².